The molecule has 0 aromatic heterocycles. The van der Waals surface area contributed by atoms with Gasteiger partial charge in [0.1, 0.15) is 0 Å². The lowest BCUT2D eigenvalue weighted by Gasteiger charge is -2.34. The summed E-state index contributed by atoms with van der Waals surface area (Å²) in [5, 5.41) is 0. The van der Waals surface area contributed by atoms with Crippen LogP contribution in [0.25, 0.3) is 0 Å². The van der Waals surface area contributed by atoms with Crippen LogP contribution < -0.4 is 0 Å². The maximum Gasteiger partial charge on any atom is 0.323 e. The van der Waals surface area contributed by atoms with Gasteiger partial charge < -0.3 is 18.9 Å². The summed E-state index contributed by atoms with van der Waals surface area (Å²) in [7, 11) is 0. The van der Waals surface area contributed by atoms with Crippen LogP contribution in [0.4, 0.5) is 0 Å². The number of esters is 4. The van der Waals surface area contributed by atoms with Crippen molar-refractivity contribution in [2.24, 2.45) is 33.5 Å². The highest BCUT2D eigenvalue weighted by Gasteiger charge is 2.86. The Balaban J connectivity index is 1.75. The number of carbonyl (C=O) groups is 4. The summed E-state index contributed by atoms with van der Waals surface area (Å²) in [5.41, 5.74) is -3.52. The van der Waals surface area contributed by atoms with Crippen molar-refractivity contribution in [3.63, 3.8) is 0 Å². The summed E-state index contributed by atoms with van der Waals surface area (Å²) >= 11 is 0. The highest BCUT2D eigenvalue weighted by molar-refractivity contribution is 6.02. The molecule has 0 saturated heterocycles. The molecule has 0 radical (unpaired) electrons. The Morgan fingerprint density at radius 2 is 1.09 bits per heavy atom. The van der Waals surface area contributed by atoms with Crippen molar-refractivity contribution in [2.75, 3.05) is 26.4 Å². The first-order chi connectivity index (χ1) is 15.2. The van der Waals surface area contributed by atoms with E-state index in [1.54, 1.807) is 27.7 Å². The molecule has 0 N–H and O–H groups in total. The summed E-state index contributed by atoms with van der Waals surface area (Å²) < 4.78 is 21.5. The zero-order chi connectivity index (χ0) is 23.4. The van der Waals surface area contributed by atoms with Crippen LogP contribution >= 0.6 is 0 Å². The molecule has 4 aliphatic carbocycles. The highest BCUT2D eigenvalue weighted by Crippen LogP contribution is 2.89. The van der Waals surface area contributed by atoms with Crippen molar-refractivity contribution >= 4 is 23.9 Å². The van der Waals surface area contributed by atoms with Gasteiger partial charge in [-0.05, 0) is 88.9 Å². The van der Waals surface area contributed by atoms with E-state index in [2.05, 4.69) is 0 Å². The predicted octanol–water partition coefficient (Wildman–Crippen LogP) is 2.81. The van der Waals surface area contributed by atoms with Crippen molar-refractivity contribution in [1.29, 1.82) is 0 Å². The first-order valence-electron chi connectivity index (χ1n) is 11.9. The zero-order valence-electron chi connectivity index (χ0n) is 19.5. The third kappa shape index (κ3) is 3.00. The number of ether oxygens (including phenoxy) is 4. The Morgan fingerprint density at radius 1 is 0.656 bits per heavy atom. The molecule has 4 aliphatic rings. The number of fused-ring (bicyclic) bond motifs is 1. The lowest BCUT2D eigenvalue weighted by Crippen LogP contribution is -2.46. The van der Waals surface area contributed by atoms with Crippen molar-refractivity contribution in [2.45, 2.75) is 66.2 Å². The predicted molar refractivity (Wildman–Crippen MR) is 111 cm³/mol. The molecule has 0 heterocycles. The largest absolute Gasteiger partial charge is 0.465 e. The van der Waals surface area contributed by atoms with Crippen LogP contribution in [-0.2, 0) is 38.1 Å². The minimum atomic E-state index is -1.40. The number of rotatable bonds is 8. The van der Waals surface area contributed by atoms with E-state index in [0.29, 0.717) is 12.8 Å². The second-order valence-electron chi connectivity index (χ2n) is 10.00. The standard InChI is InChI=1S/C24H34O8/c1-5-29-17(25)22(18(26)30-6-2)10-15-9-16(15)24-13-21(24,11-22)12-23(14-24,19(27)31-7-3)20(28)32-8-4/h15-16H,5-14H2,1-4H3. The van der Waals surface area contributed by atoms with E-state index in [-0.39, 0.29) is 56.5 Å². The second kappa shape index (κ2) is 7.73. The Morgan fingerprint density at radius 3 is 1.56 bits per heavy atom. The van der Waals surface area contributed by atoms with Crippen LogP contribution in [0.3, 0.4) is 0 Å². The van der Waals surface area contributed by atoms with Gasteiger partial charge in [0, 0.05) is 0 Å². The fourth-order valence-electron chi connectivity index (χ4n) is 7.27. The average molecular weight is 451 g/mol. The molecule has 0 aromatic rings. The molecule has 4 unspecified atom stereocenters. The molecule has 0 spiro atoms. The fraction of sp³-hybridized carbons (Fsp3) is 0.833. The maximum atomic E-state index is 13.2. The SMILES string of the molecule is CCOC(=O)C1(C(=O)OCC)CC2CC2C23CC(C(=O)OCC)(C(=O)OCC)CC2(C1)C3. The van der Waals surface area contributed by atoms with Gasteiger partial charge in [0.05, 0.1) is 26.4 Å². The van der Waals surface area contributed by atoms with E-state index < -0.39 is 40.1 Å². The summed E-state index contributed by atoms with van der Waals surface area (Å²) in [5.74, 6) is -1.76. The van der Waals surface area contributed by atoms with Gasteiger partial charge in [0.25, 0.3) is 0 Å². The van der Waals surface area contributed by atoms with Crippen LogP contribution in [0.2, 0.25) is 0 Å². The Labute approximate surface area is 188 Å². The van der Waals surface area contributed by atoms with E-state index in [1.807, 2.05) is 0 Å². The Bertz CT molecular complexity index is 798. The maximum absolute atomic E-state index is 13.2. The molecule has 8 nitrogen and oxygen atoms in total. The lowest BCUT2D eigenvalue weighted by molar-refractivity contribution is -0.175. The van der Waals surface area contributed by atoms with Crippen molar-refractivity contribution in [1.82, 2.24) is 0 Å². The first kappa shape index (κ1) is 23.1. The molecule has 0 amide bonds. The second-order valence-corrected chi connectivity index (χ2v) is 10.00. The Kier molecular flexibility index (Phi) is 5.57. The third-order valence-electron chi connectivity index (χ3n) is 8.39. The first-order valence-corrected chi connectivity index (χ1v) is 11.9. The molecular formula is C24H34O8. The minimum absolute atomic E-state index is 0.168. The smallest absolute Gasteiger partial charge is 0.323 e. The summed E-state index contributed by atoms with van der Waals surface area (Å²) in [4.78, 5) is 52.7. The van der Waals surface area contributed by atoms with Crippen LogP contribution in [0, 0.1) is 33.5 Å². The molecule has 4 rings (SSSR count). The Hall–Kier alpha value is -2.12. The van der Waals surface area contributed by atoms with E-state index in [4.69, 9.17) is 18.9 Å². The highest BCUT2D eigenvalue weighted by atomic mass is 16.6. The zero-order valence-corrected chi connectivity index (χ0v) is 19.5. The number of carbonyl (C=O) groups excluding carboxylic acids is 4. The molecule has 4 fully saturated rings. The topological polar surface area (TPSA) is 105 Å². The monoisotopic (exact) mass is 450 g/mol. The minimum Gasteiger partial charge on any atom is -0.465 e. The molecule has 0 aliphatic heterocycles. The van der Waals surface area contributed by atoms with Crippen molar-refractivity contribution in [3.05, 3.63) is 0 Å². The molecule has 8 heteroatoms. The molecule has 4 atom stereocenters. The van der Waals surface area contributed by atoms with E-state index in [0.717, 1.165) is 12.8 Å². The van der Waals surface area contributed by atoms with Gasteiger partial charge in [0.2, 0.25) is 0 Å². The van der Waals surface area contributed by atoms with Crippen molar-refractivity contribution in [3.8, 4) is 0 Å². The van der Waals surface area contributed by atoms with Gasteiger partial charge in [-0.3, -0.25) is 19.2 Å². The fourth-order valence-corrected chi connectivity index (χ4v) is 7.27. The third-order valence-corrected chi connectivity index (χ3v) is 8.39. The molecule has 178 valence electrons. The quantitative estimate of drug-likeness (QED) is 0.316. The van der Waals surface area contributed by atoms with Crippen LogP contribution in [0.1, 0.15) is 66.2 Å². The number of hydrogen-bond acceptors (Lipinski definition) is 8. The van der Waals surface area contributed by atoms with Crippen LogP contribution in [0.5, 0.6) is 0 Å². The van der Waals surface area contributed by atoms with Crippen LogP contribution in [-0.4, -0.2) is 50.3 Å². The lowest BCUT2D eigenvalue weighted by atomic mass is 9.71. The summed E-state index contributed by atoms with van der Waals surface area (Å²) in [6.07, 6.45) is 2.92. The van der Waals surface area contributed by atoms with Gasteiger partial charge >= 0.3 is 23.9 Å². The van der Waals surface area contributed by atoms with Crippen LogP contribution in [0.15, 0.2) is 0 Å². The summed E-state index contributed by atoms with van der Waals surface area (Å²) in [6.45, 7) is 7.53. The molecule has 0 aromatic carbocycles. The average Bonchev–Trinajstić information content (AvgIpc) is 3.62. The normalized spacial score (nSPS) is 34.6. The summed E-state index contributed by atoms with van der Waals surface area (Å²) in [6, 6.07) is 0. The van der Waals surface area contributed by atoms with Gasteiger partial charge in [-0.25, -0.2) is 0 Å². The molecule has 32 heavy (non-hydrogen) atoms. The number of hydrogen-bond donors (Lipinski definition) is 0. The van der Waals surface area contributed by atoms with Gasteiger partial charge in [0.15, 0.2) is 10.8 Å². The van der Waals surface area contributed by atoms with E-state index in [1.165, 1.54) is 0 Å². The van der Waals surface area contributed by atoms with Gasteiger partial charge in [-0.2, -0.15) is 0 Å². The molecular weight excluding hydrogens is 416 g/mol. The van der Waals surface area contributed by atoms with Gasteiger partial charge in [-0.1, -0.05) is 0 Å². The van der Waals surface area contributed by atoms with Gasteiger partial charge in [-0.15, -0.1) is 0 Å². The van der Waals surface area contributed by atoms with E-state index >= 15 is 0 Å². The van der Waals surface area contributed by atoms with E-state index in [9.17, 15) is 19.2 Å². The van der Waals surface area contributed by atoms with Crippen molar-refractivity contribution < 1.29 is 38.1 Å². The molecule has 0 bridgehead atoms. The molecule has 4 saturated carbocycles.